The number of phenolic OH excluding ortho intramolecular Hbond substituents is 1. The maximum atomic E-state index is 12.4. The number of thioether (sulfide) groups is 1. The average molecular weight is 365 g/mol. The highest BCUT2D eigenvalue weighted by molar-refractivity contribution is 8.01. The van der Waals surface area contributed by atoms with Gasteiger partial charge in [-0.1, -0.05) is 0 Å². The third-order valence-electron chi connectivity index (χ3n) is 4.19. The fourth-order valence-corrected chi connectivity index (χ4v) is 4.68. The van der Waals surface area contributed by atoms with Crippen LogP contribution in [-0.2, 0) is 9.59 Å². The molecule has 9 heteroatoms. The molecule has 2 fully saturated rings. The number of hydrogen-bond donors (Lipinski definition) is 4. The number of nitrogens with two attached hydrogens (primary N) is 1. The van der Waals surface area contributed by atoms with Crippen molar-refractivity contribution in [3.63, 3.8) is 0 Å². The number of rotatable bonds is 5. The predicted octanol–water partition coefficient (Wildman–Crippen LogP) is 0.634. The fraction of sp³-hybridized carbons (Fsp3) is 0.375. The average Bonchev–Trinajstić information content (AvgIpc) is 2.81. The zero-order valence-corrected chi connectivity index (χ0v) is 14.5. The number of nitrogens with zero attached hydrogens (tertiary/aromatic N) is 1. The minimum atomic E-state index is -1.01. The van der Waals surface area contributed by atoms with Crippen LogP contribution in [-0.4, -0.2) is 49.2 Å². The highest BCUT2D eigenvalue weighted by Gasteiger charge is 2.64. The van der Waals surface area contributed by atoms with Gasteiger partial charge in [0.05, 0.1) is 6.20 Å². The number of phenols is 1. The summed E-state index contributed by atoms with van der Waals surface area (Å²) in [6, 6.07) is 4.57. The molecule has 3 rings (SSSR count). The van der Waals surface area contributed by atoms with Gasteiger partial charge in [0.2, 0.25) is 11.8 Å². The van der Waals surface area contributed by atoms with Crippen LogP contribution >= 0.6 is 11.8 Å². The highest BCUT2D eigenvalue weighted by Crippen LogP contribution is 2.50. The first-order valence-electron chi connectivity index (χ1n) is 7.62. The second-order valence-corrected chi connectivity index (χ2v) is 8.12. The molecular weight excluding hydrogens is 346 g/mol. The van der Waals surface area contributed by atoms with E-state index < -0.39 is 22.8 Å². The minimum Gasteiger partial charge on any atom is -0.508 e. The molecule has 0 radical (unpaired) electrons. The molecule has 0 unspecified atom stereocenters. The number of amides is 1. The van der Waals surface area contributed by atoms with Crippen molar-refractivity contribution in [1.29, 1.82) is 0 Å². The van der Waals surface area contributed by atoms with E-state index in [4.69, 9.17) is 10.5 Å². The van der Waals surface area contributed by atoms with Crippen molar-refractivity contribution < 1.29 is 24.5 Å². The molecule has 1 amide bonds. The SMILES string of the molecule is CC1(C)S[C@@H]2[C@H](NC(=CN)Oc3ccc(O)cc3)C(=O)N2[C@H]1C(=O)O. The Morgan fingerprint density at radius 1 is 1.40 bits per heavy atom. The van der Waals surface area contributed by atoms with E-state index in [1.54, 1.807) is 12.1 Å². The van der Waals surface area contributed by atoms with E-state index in [1.807, 2.05) is 13.8 Å². The first-order valence-corrected chi connectivity index (χ1v) is 8.50. The lowest BCUT2D eigenvalue weighted by Gasteiger charge is -2.44. The first kappa shape index (κ1) is 17.3. The number of fused-ring (bicyclic) bond motifs is 1. The number of ether oxygens (including phenoxy) is 1. The summed E-state index contributed by atoms with van der Waals surface area (Å²) in [5.74, 6) is -0.590. The van der Waals surface area contributed by atoms with Crippen molar-refractivity contribution in [2.75, 3.05) is 0 Å². The zero-order valence-electron chi connectivity index (χ0n) is 13.7. The Bertz CT molecular complexity index is 734. The number of carboxylic acid groups (broad SMARTS) is 1. The smallest absolute Gasteiger partial charge is 0.327 e. The number of aliphatic carboxylic acids is 1. The molecule has 1 aromatic carbocycles. The van der Waals surface area contributed by atoms with E-state index in [1.165, 1.54) is 35.0 Å². The molecule has 2 heterocycles. The number of hydrogen-bond acceptors (Lipinski definition) is 7. The lowest BCUT2D eigenvalue weighted by molar-refractivity contribution is -0.160. The molecule has 0 aromatic heterocycles. The number of β-lactam (4-membered cyclic amide) rings is 1. The van der Waals surface area contributed by atoms with E-state index in [-0.39, 0.29) is 22.9 Å². The van der Waals surface area contributed by atoms with Crippen molar-refractivity contribution in [3.8, 4) is 11.5 Å². The third kappa shape index (κ3) is 2.95. The number of aromatic hydroxyl groups is 1. The summed E-state index contributed by atoms with van der Waals surface area (Å²) in [7, 11) is 0. The van der Waals surface area contributed by atoms with Gasteiger partial charge in [-0.15, -0.1) is 11.8 Å². The Hall–Kier alpha value is -2.55. The maximum Gasteiger partial charge on any atom is 0.327 e. The second-order valence-electron chi connectivity index (χ2n) is 6.35. The summed E-state index contributed by atoms with van der Waals surface area (Å²) >= 11 is 1.43. The third-order valence-corrected chi connectivity index (χ3v) is 5.76. The van der Waals surface area contributed by atoms with Gasteiger partial charge in [-0.05, 0) is 38.1 Å². The minimum absolute atomic E-state index is 0.104. The molecule has 0 aliphatic carbocycles. The van der Waals surface area contributed by atoms with Crippen LogP contribution in [0.5, 0.6) is 11.5 Å². The zero-order chi connectivity index (χ0) is 18.4. The molecule has 2 aliphatic heterocycles. The van der Waals surface area contributed by atoms with E-state index in [9.17, 15) is 19.8 Å². The van der Waals surface area contributed by atoms with Crippen molar-refractivity contribution in [2.24, 2.45) is 5.73 Å². The van der Waals surface area contributed by atoms with Crippen LogP contribution in [0.15, 0.2) is 36.3 Å². The first-order chi connectivity index (χ1) is 11.7. The van der Waals surface area contributed by atoms with Crippen LogP contribution < -0.4 is 15.8 Å². The maximum absolute atomic E-state index is 12.4. The Kier molecular flexibility index (Phi) is 4.19. The Morgan fingerprint density at radius 3 is 2.60 bits per heavy atom. The van der Waals surface area contributed by atoms with E-state index in [2.05, 4.69) is 5.32 Å². The Balaban J connectivity index is 1.70. The largest absolute Gasteiger partial charge is 0.508 e. The van der Waals surface area contributed by atoms with E-state index in [0.717, 1.165) is 0 Å². The van der Waals surface area contributed by atoms with E-state index in [0.29, 0.717) is 5.75 Å². The number of benzene rings is 1. The van der Waals surface area contributed by atoms with Crippen LogP contribution in [0.4, 0.5) is 0 Å². The quantitative estimate of drug-likeness (QED) is 0.442. The van der Waals surface area contributed by atoms with Gasteiger partial charge in [-0.3, -0.25) is 4.79 Å². The van der Waals surface area contributed by atoms with Gasteiger partial charge >= 0.3 is 5.97 Å². The van der Waals surface area contributed by atoms with Crippen LogP contribution in [0.3, 0.4) is 0 Å². The Morgan fingerprint density at radius 2 is 2.04 bits per heavy atom. The molecule has 134 valence electrons. The molecule has 3 atom stereocenters. The number of carboxylic acids is 1. The molecule has 0 saturated carbocycles. The molecule has 0 bridgehead atoms. The van der Waals surface area contributed by atoms with Gasteiger partial charge in [-0.2, -0.15) is 0 Å². The number of carbonyl (C=O) groups excluding carboxylic acids is 1. The molecule has 8 nitrogen and oxygen atoms in total. The van der Waals surface area contributed by atoms with Gasteiger partial charge < -0.3 is 30.9 Å². The van der Waals surface area contributed by atoms with Gasteiger partial charge in [-0.25, -0.2) is 4.79 Å². The lowest BCUT2D eigenvalue weighted by Crippen LogP contribution is -2.69. The molecule has 2 saturated heterocycles. The van der Waals surface area contributed by atoms with Gasteiger partial charge in [0.15, 0.2) is 0 Å². The fourth-order valence-electron chi connectivity index (χ4n) is 3.05. The molecule has 0 spiro atoms. The highest BCUT2D eigenvalue weighted by atomic mass is 32.2. The van der Waals surface area contributed by atoms with Gasteiger partial charge in [0, 0.05) is 4.75 Å². The topological polar surface area (TPSA) is 125 Å². The summed E-state index contributed by atoms with van der Waals surface area (Å²) < 4.78 is 4.98. The number of carbonyl (C=O) groups is 2. The lowest BCUT2D eigenvalue weighted by atomic mass is 9.96. The van der Waals surface area contributed by atoms with Crippen LogP contribution in [0.2, 0.25) is 0 Å². The van der Waals surface area contributed by atoms with Gasteiger partial charge in [0.25, 0.3) is 0 Å². The number of nitrogens with one attached hydrogen (secondary N) is 1. The van der Waals surface area contributed by atoms with Gasteiger partial charge in [0.1, 0.15) is 29.0 Å². The second kappa shape index (κ2) is 6.07. The van der Waals surface area contributed by atoms with Crippen molar-refractivity contribution >= 4 is 23.6 Å². The van der Waals surface area contributed by atoms with Crippen molar-refractivity contribution in [2.45, 2.75) is 36.1 Å². The van der Waals surface area contributed by atoms with Crippen molar-refractivity contribution in [1.82, 2.24) is 10.2 Å². The normalized spacial score (nSPS) is 27.4. The molecule has 1 aromatic rings. The van der Waals surface area contributed by atoms with Crippen LogP contribution in [0.25, 0.3) is 0 Å². The summed E-state index contributed by atoms with van der Waals surface area (Å²) in [5.41, 5.74) is 5.56. The molecule has 25 heavy (non-hydrogen) atoms. The summed E-state index contributed by atoms with van der Waals surface area (Å²) in [6.07, 6.45) is 1.20. The van der Waals surface area contributed by atoms with Crippen molar-refractivity contribution in [3.05, 3.63) is 36.3 Å². The predicted molar refractivity (Wildman–Crippen MR) is 91.7 cm³/mol. The van der Waals surface area contributed by atoms with E-state index >= 15 is 0 Å². The van der Waals surface area contributed by atoms with Crippen LogP contribution in [0, 0.1) is 0 Å². The monoisotopic (exact) mass is 365 g/mol. The summed E-state index contributed by atoms with van der Waals surface area (Å²) in [5, 5.41) is 21.3. The van der Waals surface area contributed by atoms with Crippen LogP contribution in [0.1, 0.15) is 13.8 Å². The molecule has 5 N–H and O–H groups in total. The Labute approximate surface area is 148 Å². The summed E-state index contributed by atoms with van der Waals surface area (Å²) in [6.45, 7) is 3.62. The summed E-state index contributed by atoms with van der Waals surface area (Å²) in [4.78, 5) is 25.3. The molecular formula is C16H19N3O5S. The molecule has 2 aliphatic rings. The standard InChI is InChI=1S/C16H19N3O5S/c1-16(2)12(15(22)23)19-13(21)11(14(19)25-16)18-10(7-17)24-9-5-3-8(20)4-6-9/h3-7,11-12,14,18,20H,17H2,1-2H3,(H,22,23)/t11-,12+,14-/m1/s1.